The third-order valence-corrected chi connectivity index (χ3v) is 6.20. The summed E-state index contributed by atoms with van der Waals surface area (Å²) in [4.78, 5) is 2.33. The lowest BCUT2D eigenvalue weighted by molar-refractivity contribution is 0.471. The fourth-order valence-electron chi connectivity index (χ4n) is 1.28. The lowest BCUT2D eigenvalue weighted by Gasteiger charge is -2.21. The minimum Gasteiger partial charge on any atom is -0.312 e. The molecule has 0 saturated heterocycles. The third kappa shape index (κ3) is 4.07. The molecule has 1 atom stereocenters. The van der Waals surface area contributed by atoms with Crippen molar-refractivity contribution in [1.82, 2.24) is 4.90 Å². The van der Waals surface area contributed by atoms with Gasteiger partial charge in [0, 0.05) is 0 Å². The molecule has 0 aromatic carbocycles. The molecule has 0 heterocycles. The molecule has 0 aliphatic carbocycles. The monoisotopic (exact) mass is 159 g/mol. The summed E-state index contributed by atoms with van der Waals surface area (Å²) >= 11 is 0. The first kappa shape index (κ1) is 10.2. The van der Waals surface area contributed by atoms with Crippen molar-refractivity contribution >= 4 is 8.80 Å². The maximum absolute atomic E-state index is 2.36. The number of hydrogen-bond acceptors (Lipinski definition) is 1. The highest BCUT2D eigenvalue weighted by Crippen LogP contribution is 2.11. The zero-order valence-electron chi connectivity index (χ0n) is 8.02. The second-order valence-corrected chi connectivity index (χ2v) is 7.71. The van der Waals surface area contributed by atoms with Crippen LogP contribution in [0, 0.1) is 0 Å². The summed E-state index contributed by atoms with van der Waals surface area (Å²) < 4.78 is 0. The Kier molecular flexibility index (Phi) is 5.00. The van der Waals surface area contributed by atoms with E-state index in [1.807, 2.05) is 0 Å². The van der Waals surface area contributed by atoms with Gasteiger partial charge >= 0.3 is 0 Å². The molecule has 0 radical (unpaired) electrons. The van der Waals surface area contributed by atoms with Gasteiger partial charge in [-0.2, -0.15) is 0 Å². The first-order valence-corrected chi connectivity index (χ1v) is 6.52. The average molecular weight is 159 g/mol. The maximum atomic E-state index is 2.36. The Morgan fingerprint density at radius 1 is 1.30 bits per heavy atom. The molecule has 0 bridgehead atoms. The van der Waals surface area contributed by atoms with E-state index in [1.54, 1.807) is 0 Å². The molecule has 62 valence electrons. The van der Waals surface area contributed by atoms with Crippen molar-refractivity contribution in [2.24, 2.45) is 0 Å². The largest absolute Gasteiger partial charge is 0.312 e. The smallest absolute Gasteiger partial charge is 0.0552 e. The van der Waals surface area contributed by atoms with Gasteiger partial charge in [0.25, 0.3) is 0 Å². The van der Waals surface area contributed by atoms with Crippen LogP contribution in [0.2, 0.25) is 11.6 Å². The van der Waals surface area contributed by atoms with Crippen LogP contribution in [-0.4, -0.2) is 34.0 Å². The van der Waals surface area contributed by atoms with Gasteiger partial charge in [-0.15, -0.1) is 0 Å². The predicted molar refractivity (Wildman–Crippen MR) is 51.3 cm³/mol. The van der Waals surface area contributed by atoms with Crippen molar-refractivity contribution < 1.29 is 0 Å². The van der Waals surface area contributed by atoms with E-state index in [0.717, 1.165) is 5.54 Å². The van der Waals surface area contributed by atoms with Crippen LogP contribution in [0.5, 0.6) is 0 Å². The molecule has 0 rings (SSSR count). The van der Waals surface area contributed by atoms with Crippen LogP contribution in [0.15, 0.2) is 0 Å². The van der Waals surface area contributed by atoms with Gasteiger partial charge < -0.3 is 4.90 Å². The molecule has 0 aliphatic rings. The van der Waals surface area contributed by atoms with E-state index in [-0.39, 0.29) is 0 Å². The summed E-state index contributed by atoms with van der Waals surface area (Å²) in [6.07, 6.45) is 1.37. The molecule has 2 heteroatoms. The van der Waals surface area contributed by atoms with Crippen LogP contribution >= 0.6 is 0 Å². The van der Waals surface area contributed by atoms with Crippen molar-refractivity contribution in [1.29, 1.82) is 0 Å². The van der Waals surface area contributed by atoms with Gasteiger partial charge in [-0.25, -0.2) is 0 Å². The Bertz CT molecular complexity index is 81.3. The standard InChI is InChI=1S/C8H21NSi/c1-6-10(8(2)3)7-9(4)5/h8,10H,6-7H2,1-5H3. The summed E-state index contributed by atoms with van der Waals surface area (Å²) in [5.41, 5.74) is 0.965. The zero-order chi connectivity index (χ0) is 8.15. The van der Waals surface area contributed by atoms with Gasteiger partial charge in [-0.05, 0) is 20.3 Å². The van der Waals surface area contributed by atoms with E-state index in [2.05, 4.69) is 39.8 Å². The van der Waals surface area contributed by atoms with Crippen molar-refractivity contribution in [2.75, 3.05) is 20.3 Å². The molecule has 0 spiro atoms. The molecule has 0 amide bonds. The van der Waals surface area contributed by atoms with Crippen LogP contribution in [0.1, 0.15) is 20.8 Å². The first-order valence-electron chi connectivity index (χ1n) is 4.22. The van der Waals surface area contributed by atoms with Crippen LogP contribution in [0.3, 0.4) is 0 Å². The highest BCUT2D eigenvalue weighted by atomic mass is 28.3. The molecular formula is C8H21NSi. The number of rotatable bonds is 4. The molecule has 10 heavy (non-hydrogen) atoms. The first-order chi connectivity index (χ1) is 4.57. The molecule has 0 aliphatic heterocycles. The van der Waals surface area contributed by atoms with E-state index >= 15 is 0 Å². The summed E-state index contributed by atoms with van der Waals surface area (Å²) in [6.45, 7) is 7.06. The highest BCUT2D eigenvalue weighted by molar-refractivity contribution is 6.60. The van der Waals surface area contributed by atoms with Crippen LogP contribution < -0.4 is 0 Å². The predicted octanol–water partition coefficient (Wildman–Crippen LogP) is 1.74. The third-order valence-electron chi connectivity index (χ3n) is 2.07. The van der Waals surface area contributed by atoms with Gasteiger partial charge in [0.05, 0.1) is 8.80 Å². The van der Waals surface area contributed by atoms with Crippen molar-refractivity contribution in [2.45, 2.75) is 32.4 Å². The van der Waals surface area contributed by atoms with E-state index in [9.17, 15) is 0 Å². The fourth-order valence-corrected chi connectivity index (χ4v) is 3.84. The normalized spacial score (nSPS) is 14.7. The number of nitrogens with zero attached hydrogens (tertiary/aromatic N) is 1. The average Bonchev–Trinajstić information content (AvgIpc) is 1.81. The highest BCUT2D eigenvalue weighted by Gasteiger charge is 2.12. The molecule has 1 nitrogen and oxygen atoms in total. The minimum atomic E-state index is -0.418. The Labute approximate surface area is 67.0 Å². The van der Waals surface area contributed by atoms with E-state index in [4.69, 9.17) is 0 Å². The SMILES string of the molecule is CC[SiH](CN(C)C)C(C)C. The number of hydrogen-bond donors (Lipinski definition) is 0. The molecule has 1 unspecified atom stereocenters. The van der Waals surface area contributed by atoms with Gasteiger partial charge in [0.2, 0.25) is 0 Å². The Balaban J connectivity index is 3.60. The Morgan fingerprint density at radius 2 is 1.80 bits per heavy atom. The van der Waals surface area contributed by atoms with Crippen molar-refractivity contribution in [3.8, 4) is 0 Å². The van der Waals surface area contributed by atoms with E-state index in [0.29, 0.717) is 0 Å². The molecule has 0 fully saturated rings. The van der Waals surface area contributed by atoms with Crippen LogP contribution in [-0.2, 0) is 0 Å². The van der Waals surface area contributed by atoms with Gasteiger partial charge in [0.1, 0.15) is 0 Å². The van der Waals surface area contributed by atoms with Crippen LogP contribution in [0.25, 0.3) is 0 Å². The second-order valence-electron chi connectivity index (χ2n) is 3.67. The summed E-state index contributed by atoms with van der Waals surface area (Å²) in [7, 11) is 3.94. The van der Waals surface area contributed by atoms with Crippen LogP contribution in [0.4, 0.5) is 0 Å². The Hall–Kier alpha value is 0.177. The minimum absolute atomic E-state index is 0.418. The van der Waals surface area contributed by atoms with Crippen molar-refractivity contribution in [3.05, 3.63) is 0 Å². The molecule has 0 N–H and O–H groups in total. The Morgan fingerprint density at radius 3 is 1.90 bits per heavy atom. The lowest BCUT2D eigenvalue weighted by Crippen LogP contribution is -2.31. The summed E-state index contributed by atoms with van der Waals surface area (Å²) in [5.74, 6) is 0. The molecule has 0 saturated carbocycles. The van der Waals surface area contributed by atoms with E-state index < -0.39 is 8.80 Å². The second kappa shape index (κ2) is 4.91. The maximum Gasteiger partial charge on any atom is 0.0552 e. The zero-order valence-corrected chi connectivity index (χ0v) is 9.17. The fraction of sp³-hybridized carbons (Fsp3) is 1.00. The van der Waals surface area contributed by atoms with Gasteiger partial charge in [0.15, 0.2) is 0 Å². The van der Waals surface area contributed by atoms with Gasteiger partial charge in [-0.3, -0.25) is 0 Å². The molecule has 0 aromatic rings. The lowest BCUT2D eigenvalue weighted by atomic mass is 10.6. The summed E-state index contributed by atoms with van der Waals surface area (Å²) in [6, 6.07) is 1.44. The summed E-state index contributed by atoms with van der Waals surface area (Å²) in [5, 5.41) is 0. The topological polar surface area (TPSA) is 3.24 Å². The van der Waals surface area contributed by atoms with E-state index in [1.165, 1.54) is 12.2 Å². The molecule has 0 aromatic heterocycles. The van der Waals surface area contributed by atoms with Gasteiger partial charge in [-0.1, -0.05) is 32.4 Å². The van der Waals surface area contributed by atoms with Crippen molar-refractivity contribution in [3.63, 3.8) is 0 Å². The quantitative estimate of drug-likeness (QED) is 0.565. The molecular weight excluding hydrogens is 138 g/mol.